The molecule has 1 saturated heterocycles. The van der Waals surface area contributed by atoms with E-state index in [0.29, 0.717) is 29.7 Å². The van der Waals surface area contributed by atoms with E-state index in [1.54, 1.807) is 5.71 Å². The molecule has 1 aromatic carbocycles. The predicted molar refractivity (Wildman–Crippen MR) is 159 cm³/mol. The van der Waals surface area contributed by atoms with Gasteiger partial charge in [0, 0.05) is 18.5 Å². The van der Waals surface area contributed by atoms with Gasteiger partial charge in [0.15, 0.2) is 12.3 Å². The third-order valence-electron chi connectivity index (χ3n) is 10.3. The number of rotatable bonds is 9. The molecule has 5 atom stereocenters. The minimum Gasteiger partial charge on any atom is -0.480 e. The van der Waals surface area contributed by atoms with Gasteiger partial charge in [-0.15, -0.1) is 0 Å². The Labute approximate surface area is 236 Å². The van der Waals surface area contributed by atoms with Crippen molar-refractivity contribution in [3.8, 4) is 0 Å². The number of carboxylic acids is 1. The van der Waals surface area contributed by atoms with Crippen molar-refractivity contribution in [2.75, 3.05) is 33.2 Å². The van der Waals surface area contributed by atoms with Crippen LogP contribution in [0.5, 0.6) is 0 Å². The quantitative estimate of drug-likeness (QED) is 0.416. The number of hydrogen-bond donors (Lipinski definition) is 1. The molecule has 39 heavy (non-hydrogen) atoms. The van der Waals surface area contributed by atoms with Crippen LogP contribution in [0.4, 0.5) is 0 Å². The van der Waals surface area contributed by atoms with Crippen LogP contribution in [0.1, 0.15) is 89.2 Å². The minimum absolute atomic E-state index is 0.0902. The number of piperidine rings is 1. The summed E-state index contributed by atoms with van der Waals surface area (Å²) >= 11 is 0. The summed E-state index contributed by atoms with van der Waals surface area (Å²) in [6, 6.07) is 8.91. The fraction of sp³-hybridized carbons (Fsp3) is 0.727. The zero-order valence-corrected chi connectivity index (χ0v) is 25.0. The van der Waals surface area contributed by atoms with E-state index in [2.05, 4.69) is 52.6 Å². The molecule has 1 N–H and O–H groups in total. The van der Waals surface area contributed by atoms with Crippen molar-refractivity contribution in [3.63, 3.8) is 0 Å². The number of benzene rings is 1. The first-order valence-electron chi connectivity index (χ1n) is 15.7. The van der Waals surface area contributed by atoms with Crippen LogP contribution in [0.2, 0.25) is 0 Å². The summed E-state index contributed by atoms with van der Waals surface area (Å²) in [4.78, 5) is 17.0. The molecule has 0 spiro atoms. The highest BCUT2D eigenvalue weighted by Crippen LogP contribution is 2.43. The van der Waals surface area contributed by atoms with Crippen molar-refractivity contribution >= 4 is 17.4 Å². The Morgan fingerprint density at radius 1 is 1.18 bits per heavy atom. The van der Waals surface area contributed by atoms with Crippen LogP contribution < -0.4 is 0 Å². The van der Waals surface area contributed by atoms with Gasteiger partial charge in [-0.05, 0) is 107 Å². The van der Waals surface area contributed by atoms with Crippen molar-refractivity contribution < 1.29 is 14.6 Å². The fourth-order valence-corrected chi connectivity index (χ4v) is 8.41. The van der Waals surface area contributed by atoms with E-state index >= 15 is 0 Å². The summed E-state index contributed by atoms with van der Waals surface area (Å²) in [6.45, 7) is 12.9. The Balaban J connectivity index is 1.27. The van der Waals surface area contributed by atoms with Crippen molar-refractivity contribution in [1.29, 1.82) is 0 Å². The van der Waals surface area contributed by atoms with E-state index in [0.717, 1.165) is 39.0 Å². The molecule has 2 aliphatic carbocycles. The monoisotopic (exact) mass is 535 g/mol. The number of hydrazone groups is 1. The minimum atomic E-state index is -0.694. The topological polar surface area (TPSA) is 59.2 Å². The Kier molecular flexibility index (Phi) is 8.92. The summed E-state index contributed by atoms with van der Waals surface area (Å²) in [5.41, 5.74) is 5.85. The molecular weight excluding hydrogens is 484 g/mol. The first-order valence-corrected chi connectivity index (χ1v) is 15.7. The Bertz CT molecular complexity index is 1090. The average Bonchev–Trinajstić information content (AvgIpc) is 3.50. The van der Waals surface area contributed by atoms with Crippen LogP contribution in [-0.4, -0.2) is 82.3 Å². The zero-order valence-electron chi connectivity index (χ0n) is 25.0. The summed E-state index contributed by atoms with van der Waals surface area (Å²) in [5, 5.41) is 15.0. The van der Waals surface area contributed by atoms with Gasteiger partial charge in [-0.25, -0.2) is 0 Å². The number of nitrogens with zero attached hydrogens (tertiary/aromatic N) is 4. The smallest absolute Gasteiger partial charge is 0.321 e. The summed E-state index contributed by atoms with van der Waals surface area (Å²) < 4.78 is 2.37. The summed E-state index contributed by atoms with van der Waals surface area (Å²) in [7, 11) is 2.05. The molecule has 2 saturated carbocycles. The molecule has 1 aromatic rings. The van der Waals surface area contributed by atoms with Gasteiger partial charge in [0.1, 0.15) is 6.04 Å². The van der Waals surface area contributed by atoms with Gasteiger partial charge in [0.2, 0.25) is 0 Å². The van der Waals surface area contributed by atoms with Gasteiger partial charge in [-0.1, -0.05) is 54.8 Å². The lowest BCUT2D eigenvalue weighted by molar-refractivity contribution is -0.529. The summed E-state index contributed by atoms with van der Waals surface area (Å²) in [6.07, 6.45) is 9.75. The Morgan fingerprint density at radius 3 is 2.62 bits per heavy atom. The molecule has 0 radical (unpaired) electrons. The molecule has 6 heteroatoms. The predicted octanol–water partition coefficient (Wildman–Crippen LogP) is 5.64. The van der Waals surface area contributed by atoms with Gasteiger partial charge < -0.3 is 10.0 Å². The molecule has 0 aromatic heterocycles. The molecule has 2 heterocycles. The molecule has 0 amide bonds. The van der Waals surface area contributed by atoms with Gasteiger partial charge in [0.25, 0.3) is 0 Å². The maximum absolute atomic E-state index is 12.1. The summed E-state index contributed by atoms with van der Waals surface area (Å²) in [5.74, 6) is 1.72. The van der Waals surface area contributed by atoms with Crippen LogP contribution in [0.15, 0.2) is 29.4 Å². The maximum Gasteiger partial charge on any atom is 0.321 e. The molecule has 2 aliphatic heterocycles. The lowest BCUT2D eigenvalue weighted by atomic mass is 9.77. The van der Waals surface area contributed by atoms with Crippen LogP contribution in [0.25, 0.3) is 0 Å². The molecule has 4 aliphatic rings. The number of carboxylic acid groups (broad SMARTS) is 1. The van der Waals surface area contributed by atoms with E-state index in [1.165, 1.54) is 55.4 Å². The first kappa shape index (κ1) is 28.5. The van der Waals surface area contributed by atoms with Crippen LogP contribution in [0.3, 0.4) is 0 Å². The highest BCUT2D eigenvalue weighted by atomic mass is 16.4. The van der Waals surface area contributed by atoms with Gasteiger partial charge >= 0.3 is 5.97 Å². The normalized spacial score (nSPS) is 29.3. The molecule has 1 unspecified atom stereocenters. The van der Waals surface area contributed by atoms with E-state index in [4.69, 9.17) is 5.10 Å². The van der Waals surface area contributed by atoms with Crippen molar-refractivity contribution in [1.82, 2.24) is 9.80 Å². The molecular formula is C33H51N4O2+. The van der Waals surface area contributed by atoms with Crippen molar-refractivity contribution in [2.45, 2.75) is 97.1 Å². The molecule has 0 bridgehead atoms. The first-order chi connectivity index (χ1) is 18.8. The number of aliphatic carboxylic acids is 1. The van der Waals surface area contributed by atoms with E-state index in [-0.39, 0.29) is 5.92 Å². The van der Waals surface area contributed by atoms with Crippen LogP contribution in [0, 0.1) is 30.6 Å². The lowest BCUT2D eigenvalue weighted by Gasteiger charge is -2.35. The molecule has 3 fully saturated rings. The fourth-order valence-electron chi connectivity index (χ4n) is 8.41. The third-order valence-corrected chi connectivity index (χ3v) is 10.3. The largest absolute Gasteiger partial charge is 0.480 e. The molecule has 5 rings (SSSR count). The molecule has 6 nitrogen and oxygen atoms in total. The number of likely N-dealkylation sites (N-methyl/N-ethyl adjacent to an activating group) is 1. The Hall–Kier alpha value is -2.05. The number of hydrogen-bond acceptors (Lipinski definition) is 4. The second kappa shape index (κ2) is 12.2. The number of aryl methyl sites for hydroxylation is 1. The second-order valence-corrected chi connectivity index (χ2v) is 13.2. The second-order valence-electron chi connectivity index (χ2n) is 13.2. The van der Waals surface area contributed by atoms with E-state index in [9.17, 15) is 9.90 Å². The van der Waals surface area contributed by atoms with Gasteiger partial charge in [0.05, 0.1) is 11.6 Å². The standard InChI is InChI=1S/C33H50N4O2/c1-6-37-32(28-12-7-8-13-30(28)34-37)24-14-16-36(17-15-24)21-26-19-27(35(5)31(22(2)3)33(38)39)20-29(26)25-11-9-10-23(4)18-25/h9-11,18,22,24,26-29,31H,6-8,12-17,19-21H2,1-5H3/p+1/t26-,27+,28?,29-,31-/m1/s1. The number of fused-ring (bicyclic) bond motifs is 1. The third kappa shape index (κ3) is 6.02. The van der Waals surface area contributed by atoms with Crippen LogP contribution >= 0.6 is 0 Å². The lowest BCUT2D eigenvalue weighted by Crippen LogP contribution is -2.47. The highest BCUT2D eigenvalue weighted by Gasteiger charge is 2.45. The SMILES string of the molecule is CC[N+]1=C(C2CCN(C[C@H]3C[C@H](N(C)[C@@H](C(=O)O)C(C)C)C[C@@H]3c3cccc(C)c3)CC2)C2CCCCC2=N1. The van der Waals surface area contributed by atoms with Gasteiger partial charge in [-0.3, -0.25) is 9.69 Å². The number of likely N-dealkylation sites (tertiary alicyclic amines) is 1. The zero-order chi connectivity index (χ0) is 27.7. The number of carbonyl (C=O) groups is 1. The average molecular weight is 536 g/mol. The Morgan fingerprint density at radius 2 is 1.95 bits per heavy atom. The molecule has 214 valence electrons. The van der Waals surface area contributed by atoms with E-state index < -0.39 is 12.0 Å². The van der Waals surface area contributed by atoms with Gasteiger partial charge in [-0.2, -0.15) is 0 Å². The highest BCUT2D eigenvalue weighted by molar-refractivity contribution is 6.08. The maximum atomic E-state index is 12.1. The van der Waals surface area contributed by atoms with Crippen molar-refractivity contribution in [2.24, 2.45) is 28.8 Å². The van der Waals surface area contributed by atoms with Crippen molar-refractivity contribution in [3.05, 3.63) is 35.4 Å². The van der Waals surface area contributed by atoms with Crippen LogP contribution in [-0.2, 0) is 4.79 Å². The van der Waals surface area contributed by atoms with E-state index in [1.807, 2.05) is 20.9 Å².